The molecule has 0 aliphatic rings. The Morgan fingerprint density at radius 2 is 1.39 bits per heavy atom. The van der Waals surface area contributed by atoms with Crippen molar-refractivity contribution in [3.05, 3.63) is 78.4 Å². The van der Waals surface area contributed by atoms with Gasteiger partial charge < -0.3 is 14.8 Å². The summed E-state index contributed by atoms with van der Waals surface area (Å²) in [5.41, 5.74) is 3.48. The van der Waals surface area contributed by atoms with Gasteiger partial charge in [0.15, 0.2) is 0 Å². The van der Waals surface area contributed by atoms with Crippen LogP contribution >= 0.6 is 0 Å². The van der Waals surface area contributed by atoms with Crippen LogP contribution < -0.4 is 14.8 Å². The van der Waals surface area contributed by atoms with Gasteiger partial charge in [0.2, 0.25) is 0 Å². The van der Waals surface area contributed by atoms with Gasteiger partial charge in [0.1, 0.15) is 11.5 Å². The largest absolute Gasteiger partial charge is 0.497 e. The fourth-order valence-corrected chi connectivity index (χ4v) is 2.77. The molecule has 0 fully saturated rings. The minimum atomic E-state index is -0.138. The number of rotatable bonds is 8. The second kappa shape index (κ2) is 9.60. The maximum atomic E-state index is 12.5. The number of unbranched alkanes of at least 4 members (excludes halogenated alkanes) is 1. The average Bonchev–Trinajstić information content (AvgIpc) is 2.75. The predicted octanol–water partition coefficient (Wildman–Crippen LogP) is 5.79. The van der Waals surface area contributed by atoms with Crippen molar-refractivity contribution in [1.29, 1.82) is 0 Å². The van der Waals surface area contributed by atoms with E-state index in [1.54, 1.807) is 7.11 Å². The van der Waals surface area contributed by atoms with Crippen molar-refractivity contribution in [2.45, 2.75) is 19.8 Å². The zero-order valence-electron chi connectivity index (χ0n) is 16.3. The first-order valence-electron chi connectivity index (χ1n) is 9.48. The van der Waals surface area contributed by atoms with E-state index >= 15 is 0 Å². The minimum absolute atomic E-state index is 0.138. The van der Waals surface area contributed by atoms with Gasteiger partial charge in [0.25, 0.3) is 5.91 Å². The van der Waals surface area contributed by atoms with Crippen LogP contribution in [0.4, 0.5) is 5.69 Å². The van der Waals surface area contributed by atoms with Gasteiger partial charge in [-0.25, -0.2) is 0 Å². The molecule has 0 saturated heterocycles. The number of hydrogen-bond acceptors (Lipinski definition) is 3. The molecule has 0 radical (unpaired) electrons. The lowest BCUT2D eigenvalue weighted by Crippen LogP contribution is -2.11. The van der Waals surface area contributed by atoms with Gasteiger partial charge in [-0.3, -0.25) is 4.79 Å². The van der Waals surface area contributed by atoms with E-state index in [2.05, 4.69) is 12.2 Å². The van der Waals surface area contributed by atoms with Crippen LogP contribution in [0.15, 0.2) is 72.8 Å². The number of methoxy groups -OCH3 is 1. The highest BCUT2D eigenvalue weighted by molar-refractivity contribution is 6.04. The number of amides is 1. The van der Waals surface area contributed by atoms with Crippen molar-refractivity contribution in [2.24, 2.45) is 0 Å². The Bertz CT molecular complexity index is 885. The Morgan fingerprint density at radius 3 is 1.96 bits per heavy atom. The molecule has 28 heavy (non-hydrogen) atoms. The smallest absolute Gasteiger partial charge is 0.255 e. The van der Waals surface area contributed by atoms with Gasteiger partial charge in [-0.15, -0.1) is 0 Å². The Hall–Kier alpha value is -3.27. The number of carbonyl (C=O) groups excluding carboxylic acids is 1. The van der Waals surface area contributed by atoms with Gasteiger partial charge in [-0.2, -0.15) is 0 Å². The van der Waals surface area contributed by atoms with Crippen molar-refractivity contribution in [3.8, 4) is 22.6 Å². The van der Waals surface area contributed by atoms with Crippen molar-refractivity contribution in [2.75, 3.05) is 19.0 Å². The Labute approximate surface area is 166 Å². The molecular weight excluding hydrogens is 350 g/mol. The normalized spacial score (nSPS) is 10.4. The molecule has 0 aromatic heterocycles. The summed E-state index contributed by atoms with van der Waals surface area (Å²) in [6, 6.07) is 22.8. The monoisotopic (exact) mass is 375 g/mol. The minimum Gasteiger partial charge on any atom is -0.497 e. The van der Waals surface area contributed by atoms with Crippen LogP contribution in [0.25, 0.3) is 11.1 Å². The highest BCUT2D eigenvalue weighted by Gasteiger charge is 2.07. The fraction of sp³-hybridized carbons (Fsp3) is 0.208. The summed E-state index contributed by atoms with van der Waals surface area (Å²) >= 11 is 0. The molecule has 1 N–H and O–H groups in total. The van der Waals surface area contributed by atoms with Crippen LogP contribution in [0, 0.1) is 0 Å². The quantitative estimate of drug-likeness (QED) is 0.507. The second-order valence-corrected chi connectivity index (χ2v) is 6.49. The number of benzene rings is 3. The fourth-order valence-electron chi connectivity index (χ4n) is 2.77. The molecular formula is C24H25NO3. The maximum Gasteiger partial charge on any atom is 0.255 e. The van der Waals surface area contributed by atoms with Gasteiger partial charge in [0, 0.05) is 11.3 Å². The van der Waals surface area contributed by atoms with Crippen LogP contribution in [0.3, 0.4) is 0 Å². The van der Waals surface area contributed by atoms with Crippen molar-refractivity contribution in [1.82, 2.24) is 0 Å². The molecule has 3 aromatic carbocycles. The van der Waals surface area contributed by atoms with Crippen molar-refractivity contribution >= 4 is 11.6 Å². The third-order valence-corrected chi connectivity index (χ3v) is 4.45. The summed E-state index contributed by atoms with van der Waals surface area (Å²) in [7, 11) is 1.65. The molecule has 0 bridgehead atoms. The van der Waals surface area contributed by atoms with Crippen molar-refractivity contribution < 1.29 is 14.3 Å². The maximum absolute atomic E-state index is 12.5. The molecule has 144 valence electrons. The molecule has 4 nitrogen and oxygen atoms in total. The number of anilines is 1. The van der Waals surface area contributed by atoms with E-state index in [-0.39, 0.29) is 5.91 Å². The summed E-state index contributed by atoms with van der Waals surface area (Å²) in [5, 5.41) is 2.92. The average molecular weight is 375 g/mol. The molecule has 3 rings (SSSR count). The SMILES string of the molecule is CCCCOc1ccc(NC(=O)c2ccc(-c3ccc(OC)cc3)cc2)cc1. The molecule has 0 aliphatic carbocycles. The van der Waals surface area contributed by atoms with Gasteiger partial charge in [0.05, 0.1) is 13.7 Å². The lowest BCUT2D eigenvalue weighted by molar-refractivity contribution is 0.102. The van der Waals surface area contributed by atoms with Crippen molar-refractivity contribution in [3.63, 3.8) is 0 Å². The van der Waals surface area contributed by atoms with Gasteiger partial charge in [-0.1, -0.05) is 37.6 Å². The summed E-state index contributed by atoms with van der Waals surface area (Å²) in [4.78, 5) is 12.5. The number of nitrogens with one attached hydrogen (secondary N) is 1. The molecule has 3 aromatic rings. The van der Waals surface area contributed by atoms with Crippen LogP contribution in [-0.4, -0.2) is 19.6 Å². The summed E-state index contributed by atoms with van der Waals surface area (Å²) in [6.07, 6.45) is 2.14. The highest BCUT2D eigenvalue weighted by atomic mass is 16.5. The molecule has 0 spiro atoms. The second-order valence-electron chi connectivity index (χ2n) is 6.49. The Balaban J connectivity index is 1.61. The molecule has 0 atom stereocenters. The first-order valence-corrected chi connectivity index (χ1v) is 9.48. The lowest BCUT2D eigenvalue weighted by atomic mass is 10.0. The first-order chi connectivity index (χ1) is 13.7. The predicted molar refractivity (Wildman–Crippen MR) is 113 cm³/mol. The Kier molecular flexibility index (Phi) is 6.68. The summed E-state index contributed by atoms with van der Waals surface area (Å²) in [5.74, 6) is 1.50. The summed E-state index contributed by atoms with van der Waals surface area (Å²) < 4.78 is 10.8. The standard InChI is InChI=1S/C24H25NO3/c1-3-4-17-28-23-15-11-21(12-16-23)25-24(26)20-7-5-18(6-8-20)19-9-13-22(27-2)14-10-19/h5-16H,3-4,17H2,1-2H3,(H,25,26). The molecule has 4 heteroatoms. The number of hydrogen-bond donors (Lipinski definition) is 1. The number of ether oxygens (including phenoxy) is 2. The zero-order chi connectivity index (χ0) is 19.8. The van der Waals surface area contributed by atoms with Crippen LogP contribution in [0.1, 0.15) is 30.1 Å². The highest BCUT2D eigenvalue weighted by Crippen LogP contribution is 2.23. The van der Waals surface area contributed by atoms with Gasteiger partial charge in [-0.05, 0) is 66.1 Å². The van der Waals surface area contributed by atoms with Crippen LogP contribution in [0.5, 0.6) is 11.5 Å². The molecule has 0 aliphatic heterocycles. The molecule has 1 amide bonds. The van der Waals surface area contributed by atoms with Crippen LogP contribution in [-0.2, 0) is 0 Å². The first kappa shape index (κ1) is 19.5. The number of carbonyl (C=O) groups is 1. The van der Waals surface area contributed by atoms with Crippen LogP contribution in [0.2, 0.25) is 0 Å². The topological polar surface area (TPSA) is 47.6 Å². The van der Waals surface area contributed by atoms with E-state index in [1.165, 1.54) is 0 Å². The zero-order valence-corrected chi connectivity index (χ0v) is 16.3. The molecule has 0 saturated carbocycles. The third-order valence-electron chi connectivity index (χ3n) is 4.45. The summed E-state index contributed by atoms with van der Waals surface area (Å²) in [6.45, 7) is 2.84. The van der Waals surface area contributed by atoms with E-state index in [1.807, 2.05) is 72.8 Å². The van der Waals surface area contributed by atoms with E-state index in [9.17, 15) is 4.79 Å². The van der Waals surface area contributed by atoms with Gasteiger partial charge >= 0.3 is 0 Å². The Morgan fingerprint density at radius 1 is 0.821 bits per heavy atom. The molecule has 0 heterocycles. The van der Waals surface area contributed by atoms with E-state index in [4.69, 9.17) is 9.47 Å². The third kappa shape index (κ3) is 5.13. The van der Waals surface area contributed by atoms with E-state index < -0.39 is 0 Å². The van der Waals surface area contributed by atoms with E-state index in [0.29, 0.717) is 12.2 Å². The lowest BCUT2D eigenvalue weighted by Gasteiger charge is -2.09. The van der Waals surface area contributed by atoms with E-state index in [0.717, 1.165) is 41.2 Å². The molecule has 0 unspecified atom stereocenters.